The number of likely N-dealkylation sites (N-methyl/N-ethyl adjacent to an activating group) is 1. The van der Waals surface area contributed by atoms with E-state index in [0.29, 0.717) is 0 Å². The van der Waals surface area contributed by atoms with E-state index >= 15 is 0 Å². The number of fused-ring (bicyclic) bond motifs is 1. The van der Waals surface area contributed by atoms with Gasteiger partial charge in [0, 0.05) is 11.8 Å². The van der Waals surface area contributed by atoms with Crippen LogP contribution in [0.3, 0.4) is 0 Å². The molecule has 1 heterocycles. The molecule has 0 bridgehead atoms. The molecule has 0 aliphatic carbocycles. The number of hydrogen-bond donors (Lipinski definition) is 1. The fourth-order valence-electron chi connectivity index (χ4n) is 2.51. The molecule has 0 spiro atoms. The number of benzene rings is 1. The van der Waals surface area contributed by atoms with Crippen molar-refractivity contribution in [2.24, 2.45) is 0 Å². The Bertz CT molecular complexity index is 494. The van der Waals surface area contributed by atoms with Crippen LogP contribution in [-0.4, -0.2) is 20.3 Å². The number of rotatable bonds is 6. The summed E-state index contributed by atoms with van der Waals surface area (Å²) in [6.45, 7) is 2.20. The van der Waals surface area contributed by atoms with E-state index in [-0.39, 0.29) is 12.1 Å². The maximum Gasteiger partial charge on any atom is 0.0766 e. The lowest BCUT2D eigenvalue weighted by Gasteiger charge is -2.26. The third kappa shape index (κ3) is 2.58. The molecule has 0 saturated carbocycles. The van der Waals surface area contributed by atoms with Crippen molar-refractivity contribution in [3.8, 4) is 0 Å². The molecule has 0 amide bonds. The summed E-state index contributed by atoms with van der Waals surface area (Å²) >= 11 is 1.81. The Labute approximate surface area is 113 Å². The molecule has 1 aromatic carbocycles. The minimum atomic E-state index is 0.229. The summed E-state index contributed by atoms with van der Waals surface area (Å²) < 4.78 is 7.04. The van der Waals surface area contributed by atoms with Gasteiger partial charge >= 0.3 is 0 Å². The number of methoxy groups -OCH3 is 1. The van der Waals surface area contributed by atoms with Gasteiger partial charge in [-0.1, -0.05) is 31.5 Å². The molecule has 3 heteroatoms. The van der Waals surface area contributed by atoms with Gasteiger partial charge in [0.05, 0.1) is 12.1 Å². The molecule has 1 N–H and O–H groups in total. The van der Waals surface area contributed by atoms with Crippen LogP contribution >= 0.6 is 11.3 Å². The molecule has 2 aromatic rings. The highest BCUT2D eigenvalue weighted by atomic mass is 32.1. The van der Waals surface area contributed by atoms with Gasteiger partial charge in [-0.15, -0.1) is 11.3 Å². The monoisotopic (exact) mass is 263 g/mol. The minimum absolute atomic E-state index is 0.229. The van der Waals surface area contributed by atoms with Gasteiger partial charge < -0.3 is 10.1 Å². The summed E-state index contributed by atoms with van der Waals surface area (Å²) in [4.78, 5) is 0. The molecule has 0 radical (unpaired) electrons. The van der Waals surface area contributed by atoms with Crippen molar-refractivity contribution in [3.63, 3.8) is 0 Å². The van der Waals surface area contributed by atoms with Crippen LogP contribution in [0.25, 0.3) is 10.1 Å². The van der Waals surface area contributed by atoms with Crippen molar-refractivity contribution in [2.75, 3.05) is 14.2 Å². The zero-order valence-corrected chi connectivity index (χ0v) is 12.1. The van der Waals surface area contributed by atoms with Crippen molar-refractivity contribution in [1.29, 1.82) is 0 Å². The Hall–Kier alpha value is -0.900. The van der Waals surface area contributed by atoms with Gasteiger partial charge in [0.1, 0.15) is 0 Å². The van der Waals surface area contributed by atoms with Crippen molar-refractivity contribution >= 4 is 21.4 Å². The molecule has 2 atom stereocenters. The lowest BCUT2D eigenvalue weighted by atomic mass is 9.97. The first-order valence-electron chi connectivity index (χ1n) is 6.48. The summed E-state index contributed by atoms with van der Waals surface area (Å²) in [5.41, 5.74) is 1.35. The van der Waals surface area contributed by atoms with E-state index in [9.17, 15) is 0 Å². The molecule has 0 fully saturated rings. The lowest BCUT2D eigenvalue weighted by Crippen LogP contribution is -2.31. The molecule has 0 saturated heterocycles. The summed E-state index contributed by atoms with van der Waals surface area (Å²) in [7, 11) is 3.82. The Kier molecular flexibility index (Phi) is 4.75. The van der Waals surface area contributed by atoms with Gasteiger partial charge in [0.15, 0.2) is 0 Å². The minimum Gasteiger partial charge on any atom is -0.379 e. The number of ether oxygens (including phenoxy) is 1. The first-order valence-corrected chi connectivity index (χ1v) is 7.36. The van der Waals surface area contributed by atoms with Gasteiger partial charge in [-0.05, 0) is 35.9 Å². The van der Waals surface area contributed by atoms with E-state index in [2.05, 4.69) is 41.9 Å². The topological polar surface area (TPSA) is 21.3 Å². The van der Waals surface area contributed by atoms with Crippen LogP contribution in [0.5, 0.6) is 0 Å². The predicted molar refractivity (Wildman–Crippen MR) is 79.3 cm³/mol. The number of hydrogen-bond acceptors (Lipinski definition) is 3. The second kappa shape index (κ2) is 6.32. The maximum absolute atomic E-state index is 5.67. The molecule has 18 heavy (non-hydrogen) atoms. The zero-order chi connectivity index (χ0) is 13.0. The summed E-state index contributed by atoms with van der Waals surface area (Å²) in [5, 5.41) is 6.90. The van der Waals surface area contributed by atoms with Crippen LogP contribution < -0.4 is 5.32 Å². The SMILES string of the molecule is CCCC(OC)C(NC)c1cccc2ccsc12. The maximum atomic E-state index is 5.67. The Morgan fingerprint density at radius 2 is 2.17 bits per heavy atom. The van der Waals surface area contributed by atoms with Gasteiger partial charge in [0.2, 0.25) is 0 Å². The van der Waals surface area contributed by atoms with Crippen LogP contribution in [0.1, 0.15) is 31.4 Å². The highest BCUT2D eigenvalue weighted by molar-refractivity contribution is 7.17. The highest BCUT2D eigenvalue weighted by Gasteiger charge is 2.22. The Morgan fingerprint density at radius 3 is 2.83 bits per heavy atom. The molecule has 0 aliphatic heterocycles. The highest BCUT2D eigenvalue weighted by Crippen LogP contribution is 2.32. The predicted octanol–water partition coefficient (Wildman–Crippen LogP) is 3.98. The van der Waals surface area contributed by atoms with Crippen molar-refractivity contribution in [2.45, 2.75) is 31.9 Å². The van der Waals surface area contributed by atoms with E-state index in [1.165, 1.54) is 15.6 Å². The quantitative estimate of drug-likeness (QED) is 0.851. The Morgan fingerprint density at radius 1 is 1.33 bits per heavy atom. The molecular weight excluding hydrogens is 242 g/mol. The summed E-state index contributed by atoms with van der Waals surface area (Å²) in [5.74, 6) is 0. The second-order valence-corrected chi connectivity index (χ2v) is 5.43. The van der Waals surface area contributed by atoms with Crippen molar-refractivity contribution in [3.05, 3.63) is 35.2 Å². The molecule has 2 unspecified atom stereocenters. The number of thiophene rings is 1. The normalized spacial score (nSPS) is 14.8. The second-order valence-electron chi connectivity index (χ2n) is 4.52. The Balaban J connectivity index is 2.39. The van der Waals surface area contributed by atoms with E-state index in [1.54, 1.807) is 7.11 Å². The third-order valence-corrected chi connectivity index (χ3v) is 4.38. The van der Waals surface area contributed by atoms with Crippen LogP contribution in [0.2, 0.25) is 0 Å². The zero-order valence-electron chi connectivity index (χ0n) is 11.3. The first-order chi connectivity index (χ1) is 8.81. The summed E-state index contributed by atoms with van der Waals surface area (Å²) in [6, 6.07) is 8.95. The fourth-order valence-corrected chi connectivity index (χ4v) is 3.46. The smallest absolute Gasteiger partial charge is 0.0766 e. The average molecular weight is 263 g/mol. The van der Waals surface area contributed by atoms with E-state index in [1.807, 2.05) is 18.4 Å². The molecule has 2 rings (SSSR count). The van der Waals surface area contributed by atoms with Gasteiger partial charge in [-0.25, -0.2) is 0 Å². The van der Waals surface area contributed by atoms with Crippen molar-refractivity contribution < 1.29 is 4.74 Å². The lowest BCUT2D eigenvalue weighted by molar-refractivity contribution is 0.0635. The molecule has 0 aliphatic rings. The van der Waals surface area contributed by atoms with Crippen LogP contribution in [-0.2, 0) is 4.74 Å². The molecule has 98 valence electrons. The van der Waals surface area contributed by atoms with Gasteiger partial charge in [-0.2, -0.15) is 0 Å². The largest absolute Gasteiger partial charge is 0.379 e. The first kappa shape index (κ1) is 13.5. The van der Waals surface area contributed by atoms with Crippen molar-refractivity contribution in [1.82, 2.24) is 5.32 Å². The molecule has 2 nitrogen and oxygen atoms in total. The fraction of sp³-hybridized carbons (Fsp3) is 0.467. The van der Waals surface area contributed by atoms with Gasteiger partial charge in [-0.3, -0.25) is 0 Å². The number of nitrogens with one attached hydrogen (secondary N) is 1. The van der Waals surface area contributed by atoms with Crippen LogP contribution in [0, 0.1) is 0 Å². The molecule has 1 aromatic heterocycles. The van der Waals surface area contributed by atoms with E-state index < -0.39 is 0 Å². The van der Waals surface area contributed by atoms with E-state index in [4.69, 9.17) is 4.74 Å². The van der Waals surface area contributed by atoms with Crippen LogP contribution in [0.4, 0.5) is 0 Å². The standard InChI is InChI=1S/C15H21NOS/c1-4-6-13(17-3)14(16-2)12-8-5-7-11-9-10-18-15(11)12/h5,7-10,13-14,16H,4,6H2,1-3H3. The van der Waals surface area contributed by atoms with Crippen LogP contribution in [0.15, 0.2) is 29.6 Å². The van der Waals surface area contributed by atoms with Gasteiger partial charge in [0.25, 0.3) is 0 Å². The summed E-state index contributed by atoms with van der Waals surface area (Å²) in [6.07, 6.45) is 2.44. The van der Waals surface area contributed by atoms with E-state index in [0.717, 1.165) is 12.8 Å². The third-order valence-electron chi connectivity index (χ3n) is 3.40. The average Bonchev–Trinajstić information content (AvgIpc) is 2.87. The molecular formula is C15H21NOS.